The summed E-state index contributed by atoms with van der Waals surface area (Å²) in [7, 11) is -5.46. The fourth-order valence-corrected chi connectivity index (χ4v) is 12.6. The molecule has 4 atom stereocenters. The van der Waals surface area contributed by atoms with Gasteiger partial charge in [0.2, 0.25) is 0 Å². The molecule has 0 amide bonds. The first-order valence-electron chi connectivity index (χ1n) is 7.82. The van der Waals surface area contributed by atoms with Crippen LogP contribution in [0.4, 0.5) is 0 Å². The first-order chi connectivity index (χ1) is 10.5. The van der Waals surface area contributed by atoms with Gasteiger partial charge in [0.15, 0.2) is 0 Å². The van der Waals surface area contributed by atoms with Crippen LogP contribution in [0.25, 0.3) is 0 Å². The van der Waals surface area contributed by atoms with E-state index in [1.165, 1.54) is 0 Å². The first-order valence-corrected chi connectivity index (χ1v) is 15.2. The summed E-state index contributed by atoms with van der Waals surface area (Å²) in [6, 6.07) is 0. The second-order valence-corrected chi connectivity index (χ2v) is 21.2. The second kappa shape index (κ2) is 5.70. The molecule has 11 heteroatoms. The van der Waals surface area contributed by atoms with Crippen LogP contribution in [0.1, 0.15) is 47.5 Å². The van der Waals surface area contributed by atoms with Gasteiger partial charge in [-0.15, -0.1) is 0 Å². The van der Waals surface area contributed by atoms with Gasteiger partial charge in [0.1, 0.15) is 0 Å². The van der Waals surface area contributed by atoms with Crippen LogP contribution in [0.15, 0.2) is 0 Å². The van der Waals surface area contributed by atoms with E-state index in [0.29, 0.717) is 5.92 Å². The van der Waals surface area contributed by atoms with Crippen molar-refractivity contribution >= 4 is 32.0 Å². The van der Waals surface area contributed by atoms with Crippen LogP contribution >= 0.6 is 20.2 Å². The van der Waals surface area contributed by atoms with Crippen molar-refractivity contribution in [3.05, 3.63) is 0 Å². The Kier molecular flexibility index (Phi) is 5.04. The molecule has 2 saturated carbocycles. The minimum atomic E-state index is -5.46. The molecular formula is C13H27O7P3S. The van der Waals surface area contributed by atoms with E-state index >= 15 is 0 Å². The van der Waals surface area contributed by atoms with Crippen molar-refractivity contribution in [2.24, 2.45) is 28.1 Å². The van der Waals surface area contributed by atoms with Crippen molar-refractivity contribution in [3.8, 4) is 0 Å². The van der Waals surface area contributed by atoms with Crippen LogP contribution in [0.5, 0.6) is 0 Å². The quantitative estimate of drug-likeness (QED) is 0.497. The molecular weight excluding hydrogens is 393 g/mol. The Morgan fingerprint density at radius 2 is 1.50 bits per heavy atom. The summed E-state index contributed by atoms with van der Waals surface area (Å²) in [5, 5.41) is 0. The lowest BCUT2D eigenvalue weighted by Gasteiger charge is -2.41. The molecule has 0 aromatic carbocycles. The standard InChI is InChI=1S/C13H27O7P3S/c1-9-11(2,3)12(4,5)10(13(9)6-7-13)8-20-23(19,24)22(17,18)21(14,15)16/h9-10H,6-8H2,1-5H3,(H,17,18)(H,19,24)(H2,14,15,16)/t9-,10?,23?/m0/s1. The smallest absolute Gasteiger partial charge is 0.338 e. The van der Waals surface area contributed by atoms with Gasteiger partial charge in [-0.25, -0.2) is 4.57 Å². The fourth-order valence-electron chi connectivity index (χ4n) is 4.44. The van der Waals surface area contributed by atoms with E-state index in [2.05, 4.69) is 46.4 Å². The minimum Gasteiger partial charge on any atom is -0.338 e. The monoisotopic (exact) mass is 420 g/mol. The molecule has 2 aliphatic rings. The van der Waals surface area contributed by atoms with Crippen molar-refractivity contribution in [1.29, 1.82) is 0 Å². The maximum absolute atomic E-state index is 12.0. The van der Waals surface area contributed by atoms with Gasteiger partial charge < -0.3 is 24.1 Å². The van der Waals surface area contributed by atoms with E-state index < -0.39 is 20.2 Å². The molecule has 142 valence electrons. The number of hydrogen-bond donors (Lipinski definition) is 4. The van der Waals surface area contributed by atoms with Crippen molar-refractivity contribution in [3.63, 3.8) is 0 Å². The third-order valence-electron chi connectivity index (χ3n) is 7.08. The van der Waals surface area contributed by atoms with Crippen LogP contribution in [-0.4, -0.2) is 26.2 Å². The van der Waals surface area contributed by atoms with Gasteiger partial charge in [-0.05, 0) is 52.7 Å². The maximum atomic E-state index is 12.0. The van der Waals surface area contributed by atoms with Crippen molar-refractivity contribution in [2.75, 3.05) is 6.61 Å². The molecule has 0 aromatic rings. The van der Waals surface area contributed by atoms with Crippen molar-refractivity contribution < 1.29 is 33.2 Å². The zero-order valence-electron chi connectivity index (χ0n) is 14.5. The Balaban J connectivity index is 2.28. The molecule has 1 spiro atoms. The van der Waals surface area contributed by atoms with Crippen LogP contribution in [0.2, 0.25) is 0 Å². The first kappa shape index (κ1) is 21.2. The Morgan fingerprint density at radius 3 is 1.88 bits per heavy atom. The van der Waals surface area contributed by atoms with Crippen LogP contribution in [-0.2, 0) is 25.5 Å². The number of rotatable bonds is 5. The third-order valence-corrected chi connectivity index (χ3v) is 20.9. The van der Waals surface area contributed by atoms with E-state index in [9.17, 15) is 18.9 Å². The van der Waals surface area contributed by atoms with E-state index in [4.69, 9.17) is 14.3 Å². The molecule has 2 rings (SSSR count). The highest BCUT2D eigenvalue weighted by Crippen LogP contribution is 2.94. The molecule has 4 N–H and O–H groups in total. The molecule has 7 nitrogen and oxygen atoms in total. The lowest BCUT2D eigenvalue weighted by molar-refractivity contribution is 0.0582. The molecule has 2 fully saturated rings. The van der Waals surface area contributed by atoms with Crippen molar-refractivity contribution in [1.82, 2.24) is 0 Å². The van der Waals surface area contributed by atoms with E-state index in [1.807, 2.05) is 0 Å². The van der Waals surface area contributed by atoms with E-state index in [1.54, 1.807) is 0 Å². The van der Waals surface area contributed by atoms with Gasteiger partial charge in [0, 0.05) is 0 Å². The second-order valence-electron chi connectivity index (χ2n) is 8.26. The third kappa shape index (κ3) is 2.78. The van der Waals surface area contributed by atoms with E-state index in [0.717, 1.165) is 12.8 Å². The van der Waals surface area contributed by atoms with Gasteiger partial charge in [-0.2, -0.15) is 0 Å². The largest absolute Gasteiger partial charge is 0.416 e. The van der Waals surface area contributed by atoms with Crippen LogP contribution in [0.3, 0.4) is 0 Å². The molecule has 0 aromatic heterocycles. The Labute approximate surface area is 147 Å². The predicted molar refractivity (Wildman–Crippen MR) is 96.2 cm³/mol. The molecule has 0 bridgehead atoms. The summed E-state index contributed by atoms with van der Waals surface area (Å²) in [6.45, 7) is 5.37. The van der Waals surface area contributed by atoms with Crippen LogP contribution in [0, 0.1) is 28.1 Å². The summed E-state index contributed by atoms with van der Waals surface area (Å²) in [6.07, 6.45) is -2.51. The Bertz CT molecular complexity index is 679. The minimum absolute atomic E-state index is 0.0122. The molecule has 3 unspecified atom stereocenters. The average molecular weight is 420 g/mol. The van der Waals surface area contributed by atoms with Gasteiger partial charge in [-0.1, -0.05) is 34.6 Å². The predicted octanol–water partition coefficient (Wildman–Crippen LogP) is 3.68. The lowest BCUT2D eigenvalue weighted by atomic mass is 9.65. The molecule has 0 saturated heterocycles. The molecule has 24 heavy (non-hydrogen) atoms. The van der Waals surface area contributed by atoms with E-state index in [-0.39, 0.29) is 28.8 Å². The van der Waals surface area contributed by atoms with Gasteiger partial charge in [0.05, 0.1) is 6.61 Å². The lowest BCUT2D eigenvalue weighted by Crippen LogP contribution is -2.35. The molecule has 2 aliphatic carbocycles. The summed E-state index contributed by atoms with van der Waals surface area (Å²) in [5.41, 5.74) is -0.161. The molecule has 0 radical (unpaired) electrons. The highest BCUT2D eigenvalue weighted by Gasteiger charge is 2.70. The van der Waals surface area contributed by atoms with Gasteiger partial charge in [-0.3, -0.25) is 4.57 Å². The van der Waals surface area contributed by atoms with Gasteiger partial charge in [0.25, 0.3) is 6.18 Å². The molecule has 0 heterocycles. The zero-order chi connectivity index (χ0) is 19.0. The normalized spacial score (nSPS) is 35.4. The summed E-state index contributed by atoms with van der Waals surface area (Å²) >= 11 is 4.66. The summed E-state index contributed by atoms with van der Waals surface area (Å²) in [5.74, 6) is 0.383. The maximum Gasteiger partial charge on any atom is 0.416 e. The summed E-state index contributed by atoms with van der Waals surface area (Å²) < 4.78 is 28.4. The van der Waals surface area contributed by atoms with Crippen LogP contribution < -0.4 is 0 Å². The summed E-state index contributed by atoms with van der Waals surface area (Å²) in [4.78, 5) is 37.8. The number of hydrogen-bond acceptors (Lipinski definition) is 4. The molecule has 0 aliphatic heterocycles. The fraction of sp³-hybridized carbons (Fsp3) is 1.00. The zero-order valence-corrected chi connectivity index (χ0v) is 18.0. The van der Waals surface area contributed by atoms with Gasteiger partial charge >= 0.3 is 14.0 Å². The Hall–Kier alpha value is 0.910. The highest BCUT2D eigenvalue weighted by molar-refractivity contribution is 8.69. The Morgan fingerprint density at radius 1 is 1.04 bits per heavy atom. The average Bonchev–Trinajstić information content (AvgIpc) is 3.14. The highest BCUT2D eigenvalue weighted by atomic mass is 32.8. The topological polar surface area (TPSA) is 124 Å². The van der Waals surface area contributed by atoms with Crippen molar-refractivity contribution in [2.45, 2.75) is 47.5 Å². The SMILES string of the molecule is C[C@@H]1C2(CC2)C(COP(O)(=S)P(=O)(O)P(=O)(O)O)C(C)(C)C1(C)C.